The van der Waals surface area contributed by atoms with E-state index in [1.165, 1.54) is 12.1 Å². The Balaban J connectivity index is 1.96. The van der Waals surface area contributed by atoms with Crippen molar-refractivity contribution in [2.75, 3.05) is 5.32 Å². The van der Waals surface area contributed by atoms with Crippen LogP contribution in [0.4, 0.5) is 22.7 Å². The molecule has 9 nitrogen and oxygen atoms in total. The Morgan fingerprint density at radius 3 is 2.28 bits per heavy atom. The third-order valence-corrected chi connectivity index (χ3v) is 4.24. The zero-order chi connectivity index (χ0) is 21.2. The van der Waals surface area contributed by atoms with Crippen molar-refractivity contribution in [3.63, 3.8) is 0 Å². The van der Waals surface area contributed by atoms with Crippen LogP contribution in [0.1, 0.15) is 45.4 Å². The van der Waals surface area contributed by atoms with Crippen LogP contribution in [0.15, 0.2) is 42.5 Å². The lowest BCUT2D eigenvalue weighted by Gasteiger charge is -2.09. The minimum atomic E-state index is -0.691. The molecule has 29 heavy (non-hydrogen) atoms. The van der Waals surface area contributed by atoms with Gasteiger partial charge in [-0.05, 0) is 36.8 Å². The maximum absolute atomic E-state index is 11.9. The van der Waals surface area contributed by atoms with E-state index in [0.29, 0.717) is 17.9 Å². The highest BCUT2D eigenvalue weighted by Crippen LogP contribution is 2.31. The van der Waals surface area contributed by atoms with E-state index in [2.05, 4.69) is 12.2 Å². The van der Waals surface area contributed by atoms with Crippen LogP contribution in [0.5, 0.6) is 5.75 Å². The van der Waals surface area contributed by atoms with E-state index < -0.39 is 15.5 Å². The number of anilines is 2. The van der Waals surface area contributed by atoms with E-state index in [4.69, 9.17) is 4.74 Å². The number of hydrogen-bond acceptors (Lipinski definition) is 7. The second-order valence-corrected chi connectivity index (χ2v) is 6.50. The number of nitro benzene ring substituents is 2. The number of nitro groups is 2. The van der Waals surface area contributed by atoms with E-state index in [0.717, 1.165) is 38.2 Å². The highest BCUT2D eigenvalue weighted by atomic mass is 16.6. The molecule has 0 aliphatic rings. The maximum atomic E-state index is 11.9. The molecule has 0 amide bonds. The molecule has 0 saturated heterocycles. The quantitative estimate of drug-likeness (QED) is 0.173. The van der Waals surface area contributed by atoms with E-state index in [1.54, 1.807) is 24.3 Å². The van der Waals surface area contributed by atoms with Gasteiger partial charge >= 0.3 is 5.97 Å². The Morgan fingerprint density at radius 1 is 0.966 bits per heavy atom. The largest absolute Gasteiger partial charge is 0.427 e. The Morgan fingerprint density at radius 2 is 1.66 bits per heavy atom. The summed E-state index contributed by atoms with van der Waals surface area (Å²) in [7, 11) is 0. The Kier molecular flexibility index (Phi) is 8.08. The number of carbonyl (C=O) groups is 1. The first-order chi connectivity index (χ1) is 13.9. The lowest BCUT2D eigenvalue weighted by molar-refractivity contribution is -0.393. The first-order valence-electron chi connectivity index (χ1n) is 9.41. The average Bonchev–Trinajstić information content (AvgIpc) is 2.69. The molecule has 0 unspecified atom stereocenters. The predicted molar refractivity (Wildman–Crippen MR) is 108 cm³/mol. The summed E-state index contributed by atoms with van der Waals surface area (Å²) in [6.45, 7) is 2.13. The lowest BCUT2D eigenvalue weighted by atomic mass is 10.1. The van der Waals surface area contributed by atoms with Gasteiger partial charge in [0.1, 0.15) is 11.4 Å². The number of nitrogens with zero attached hydrogens (tertiary/aromatic N) is 2. The van der Waals surface area contributed by atoms with Gasteiger partial charge in [-0.15, -0.1) is 0 Å². The fourth-order valence-electron chi connectivity index (χ4n) is 2.71. The molecular formula is C20H23N3O6. The number of carbonyl (C=O) groups excluding carboxylic acids is 1. The number of unbranched alkanes of at least 4 members (excludes halogenated alkanes) is 4. The third kappa shape index (κ3) is 6.87. The number of esters is 1. The van der Waals surface area contributed by atoms with Crippen molar-refractivity contribution in [1.29, 1.82) is 0 Å². The van der Waals surface area contributed by atoms with Gasteiger partial charge in [0.15, 0.2) is 0 Å². The van der Waals surface area contributed by atoms with Crippen LogP contribution in [-0.2, 0) is 4.79 Å². The Hall–Kier alpha value is -3.49. The standard InChI is InChI=1S/C20H23N3O6/c1-2-3-4-5-6-7-20(24)29-17-11-8-15(9-12-17)21-18-13-10-16(22(25)26)14-19(18)23(27)28/h8-14,21H,2-7H2,1H3. The molecule has 0 aliphatic carbocycles. The van der Waals surface area contributed by atoms with Crippen LogP contribution in [-0.4, -0.2) is 15.8 Å². The molecule has 0 spiro atoms. The van der Waals surface area contributed by atoms with Crippen molar-refractivity contribution >= 4 is 28.7 Å². The smallest absolute Gasteiger partial charge is 0.311 e. The zero-order valence-electron chi connectivity index (χ0n) is 16.1. The van der Waals surface area contributed by atoms with Crippen LogP contribution in [0.3, 0.4) is 0 Å². The van der Waals surface area contributed by atoms with Gasteiger partial charge in [-0.1, -0.05) is 32.6 Å². The van der Waals surface area contributed by atoms with Crippen molar-refractivity contribution in [3.05, 3.63) is 62.7 Å². The molecule has 0 aromatic heterocycles. The molecule has 154 valence electrons. The second-order valence-electron chi connectivity index (χ2n) is 6.50. The molecule has 2 aromatic rings. The van der Waals surface area contributed by atoms with Gasteiger partial charge in [0.25, 0.3) is 11.4 Å². The summed E-state index contributed by atoms with van der Waals surface area (Å²) in [6, 6.07) is 9.74. The molecule has 0 radical (unpaired) electrons. The minimum absolute atomic E-state index is 0.123. The Labute approximate surface area is 168 Å². The summed E-state index contributed by atoms with van der Waals surface area (Å²) >= 11 is 0. The van der Waals surface area contributed by atoms with Crippen LogP contribution in [0.2, 0.25) is 0 Å². The lowest BCUT2D eigenvalue weighted by Crippen LogP contribution is -2.07. The van der Waals surface area contributed by atoms with Gasteiger partial charge in [0.2, 0.25) is 0 Å². The number of nitrogens with one attached hydrogen (secondary N) is 1. The highest BCUT2D eigenvalue weighted by Gasteiger charge is 2.19. The number of benzene rings is 2. The van der Waals surface area contributed by atoms with Crippen LogP contribution in [0, 0.1) is 20.2 Å². The summed E-state index contributed by atoms with van der Waals surface area (Å²) in [5, 5.41) is 24.8. The predicted octanol–water partition coefficient (Wildman–Crippen LogP) is 5.51. The van der Waals surface area contributed by atoms with Crippen molar-refractivity contribution in [2.24, 2.45) is 0 Å². The van der Waals surface area contributed by atoms with Gasteiger partial charge in [-0.2, -0.15) is 0 Å². The second kappa shape index (κ2) is 10.7. The summed E-state index contributed by atoms with van der Waals surface area (Å²) in [5.74, 6) is 0.0838. The average molecular weight is 401 g/mol. The number of ether oxygens (including phenoxy) is 1. The molecule has 2 aromatic carbocycles. The summed E-state index contributed by atoms with van der Waals surface area (Å²) < 4.78 is 5.28. The van der Waals surface area contributed by atoms with Gasteiger partial charge in [0, 0.05) is 18.2 Å². The van der Waals surface area contributed by atoms with E-state index >= 15 is 0 Å². The molecule has 9 heteroatoms. The first-order valence-corrected chi connectivity index (χ1v) is 9.41. The molecule has 1 N–H and O–H groups in total. The zero-order valence-corrected chi connectivity index (χ0v) is 16.1. The number of non-ortho nitro benzene ring substituents is 1. The summed E-state index contributed by atoms with van der Waals surface area (Å²) in [5.41, 5.74) is -0.129. The SMILES string of the molecule is CCCCCCCC(=O)Oc1ccc(Nc2ccc([N+](=O)[O-])cc2[N+](=O)[O-])cc1. The molecule has 0 fully saturated rings. The van der Waals surface area contributed by atoms with E-state index in [-0.39, 0.29) is 17.3 Å². The fourth-order valence-corrected chi connectivity index (χ4v) is 2.71. The van der Waals surface area contributed by atoms with Crippen molar-refractivity contribution < 1.29 is 19.4 Å². The molecule has 0 atom stereocenters. The van der Waals surface area contributed by atoms with Crippen LogP contribution >= 0.6 is 0 Å². The van der Waals surface area contributed by atoms with Gasteiger partial charge in [-0.25, -0.2) is 0 Å². The van der Waals surface area contributed by atoms with Crippen LogP contribution < -0.4 is 10.1 Å². The number of hydrogen-bond donors (Lipinski definition) is 1. The molecular weight excluding hydrogens is 378 g/mol. The minimum Gasteiger partial charge on any atom is -0.427 e. The van der Waals surface area contributed by atoms with Crippen molar-refractivity contribution in [3.8, 4) is 5.75 Å². The van der Waals surface area contributed by atoms with E-state index in [9.17, 15) is 25.0 Å². The first kappa shape index (κ1) is 21.8. The van der Waals surface area contributed by atoms with Gasteiger partial charge in [0.05, 0.1) is 15.9 Å². The molecule has 0 aliphatic heterocycles. The summed E-state index contributed by atoms with van der Waals surface area (Å²) in [6.07, 6.45) is 5.57. The Bertz CT molecular complexity index is 867. The highest BCUT2D eigenvalue weighted by molar-refractivity contribution is 5.74. The summed E-state index contributed by atoms with van der Waals surface area (Å²) in [4.78, 5) is 32.5. The third-order valence-electron chi connectivity index (χ3n) is 4.24. The maximum Gasteiger partial charge on any atom is 0.311 e. The molecule has 2 rings (SSSR count). The fraction of sp³-hybridized carbons (Fsp3) is 0.350. The monoisotopic (exact) mass is 401 g/mol. The van der Waals surface area contributed by atoms with Crippen LogP contribution in [0.25, 0.3) is 0 Å². The topological polar surface area (TPSA) is 125 Å². The van der Waals surface area contributed by atoms with Crippen molar-refractivity contribution in [1.82, 2.24) is 0 Å². The van der Waals surface area contributed by atoms with Gasteiger partial charge in [-0.3, -0.25) is 25.0 Å². The normalized spacial score (nSPS) is 10.4. The molecule has 0 saturated carbocycles. The van der Waals surface area contributed by atoms with Gasteiger partial charge < -0.3 is 10.1 Å². The molecule has 0 bridgehead atoms. The number of rotatable bonds is 11. The molecule has 0 heterocycles. The van der Waals surface area contributed by atoms with E-state index in [1.807, 2.05) is 0 Å². The van der Waals surface area contributed by atoms with Crippen molar-refractivity contribution in [2.45, 2.75) is 45.4 Å².